The van der Waals surface area contributed by atoms with Crippen LogP contribution in [0.25, 0.3) is 5.69 Å². The minimum atomic E-state index is -0.222. The van der Waals surface area contributed by atoms with Gasteiger partial charge in [-0.1, -0.05) is 29.5 Å². The van der Waals surface area contributed by atoms with Gasteiger partial charge < -0.3 is 10.1 Å². The summed E-state index contributed by atoms with van der Waals surface area (Å²) in [6, 6.07) is 12.9. The SMILES string of the molecule is Cc1c(C(=O)NCC2CCCO2)nnn1-c1cccc2c1CCN(Cc1cccc(F)c1)C2. The molecule has 5 rings (SSSR count). The Morgan fingerprint density at radius 2 is 2.15 bits per heavy atom. The highest BCUT2D eigenvalue weighted by Gasteiger charge is 2.24. The van der Waals surface area contributed by atoms with Crippen LogP contribution in [0.3, 0.4) is 0 Å². The average molecular weight is 450 g/mol. The smallest absolute Gasteiger partial charge is 0.273 e. The van der Waals surface area contributed by atoms with Crippen LogP contribution >= 0.6 is 0 Å². The third-order valence-electron chi connectivity index (χ3n) is 6.47. The molecule has 0 bridgehead atoms. The number of carbonyl (C=O) groups is 1. The van der Waals surface area contributed by atoms with Gasteiger partial charge in [-0.05, 0) is 61.1 Å². The van der Waals surface area contributed by atoms with Gasteiger partial charge in [0.25, 0.3) is 5.91 Å². The number of carbonyl (C=O) groups excluding carboxylic acids is 1. The number of halogens is 1. The Labute approximate surface area is 192 Å². The zero-order valence-corrected chi connectivity index (χ0v) is 18.8. The van der Waals surface area contributed by atoms with Crippen LogP contribution < -0.4 is 5.32 Å². The number of amides is 1. The van der Waals surface area contributed by atoms with E-state index in [4.69, 9.17) is 4.74 Å². The molecule has 1 N–H and O–H groups in total. The molecule has 172 valence electrons. The molecule has 1 unspecified atom stereocenters. The Morgan fingerprint density at radius 3 is 2.97 bits per heavy atom. The molecular formula is C25H28FN5O2. The number of aromatic nitrogens is 3. The van der Waals surface area contributed by atoms with Gasteiger partial charge in [0.15, 0.2) is 5.69 Å². The maximum Gasteiger partial charge on any atom is 0.273 e. The molecule has 0 aliphatic carbocycles. The average Bonchev–Trinajstić information content (AvgIpc) is 3.47. The van der Waals surface area contributed by atoms with Crippen LogP contribution in [-0.4, -0.2) is 51.6 Å². The summed E-state index contributed by atoms with van der Waals surface area (Å²) in [5.41, 5.74) is 5.42. The van der Waals surface area contributed by atoms with Crippen molar-refractivity contribution < 1.29 is 13.9 Å². The lowest BCUT2D eigenvalue weighted by Gasteiger charge is -2.30. The molecular weight excluding hydrogens is 421 g/mol. The monoisotopic (exact) mass is 449 g/mol. The number of nitrogens with one attached hydrogen (secondary N) is 1. The van der Waals surface area contributed by atoms with Crippen molar-refractivity contribution in [3.8, 4) is 5.69 Å². The molecule has 1 amide bonds. The second-order valence-corrected chi connectivity index (χ2v) is 8.79. The molecule has 2 aliphatic rings. The summed E-state index contributed by atoms with van der Waals surface area (Å²) >= 11 is 0. The first-order valence-electron chi connectivity index (χ1n) is 11.5. The van der Waals surface area contributed by atoms with Crippen molar-refractivity contribution in [1.82, 2.24) is 25.2 Å². The van der Waals surface area contributed by atoms with Crippen LogP contribution in [0, 0.1) is 12.7 Å². The number of rotatable bonds is 6. The van der Waals surface area contributed by atoms with Crippen LogP contribution in [0.15, 0.2) is 42.5 Å². The van der Waals surface area contributed by atoms with Gasteiger partial charge in [-0.15, -0.1) is 5.10 Å². The second-order valence-electron chi connectivity index (χ2n) is 8.79. The fourth-order valence-electron chi connectivity index (χ4n) is 4.74. The van der Waals surface area contributed by atoms with Crippen molar-refractivity contribution in [2.24, 2.45) is 0 Å². The van der Waals surface area contributed by atoms with E-state index in [-0.39, 0.29) is 17.8 Å². The van der Waals surface area contributed by atoms with Crippen LogP contribution in [0.4, 0.5) is 4.39 Å². The molecule has 2 aliphatic heterocycles. The molecule has 2 aromatic carbocycles. The lowest BCUT2D eigenvalue weighted by Crippen LogP contribution is -2.32. The summed E-state index contributed by atoms with van der Waals surface area (Å²) < 4.78 is 20.9. The van der Waals surface area contributed by atoms with E-state index < -0.39 is 0 Å². The Hall–Kier alpha value is -3.10. The summed E-state index contributed by atoms with van der Waals surface area (Å²) in [7, 11) is 0. The van der Waals surface area contributed by atoms with Crippen molar-refractivity contribution >= 4 is 5.91 Å². The van der Waals surface area contributed by atoms with E-state index in [1.54, 1.807) is 16.8 Å². The van der Waals surface area contributed by atoms with Crippen LogP contribution in [0.5, 0.6) is 0 Å². The number of hydrogen-bond donors (Lipinski definition) is 1. The molecule has 8 heteroatoms. The van der Waals surface area contributed by atoms with Crippen molar-refractivity contribution in [1.29, 1.82) is 0 Å². The van der Waals surface area contributed by atoms with Crippen LogP contribution in [-0.2, 0) is 24.2 Å². The third-order valence-corrected chi connectivity index (χ3v) is 6.47. The van der Waals surface area contributed by atoms with Gasteiger partial charge in [-0.25, -0.2) is 9.07 Å². The van der Waals surface area contributed by atoms with Crippen molar-refractivity contribution in [3.63, 3.8) is 0 Å². The summed E-state index contributed by atoms with van der Waals surface area (Å²) in [5, 5.41) is 11.4. The number of ether oxygens (including phenoxy) is 1. The molecule has 1 atom stereocenters. The highest BCUT2D eigenvalue weighted by Crippen LogP contribution is 2.27. The molecule has 1 aromatic heterocycles. The highest BCUT2D eigenvalue weighted by molar-refractivity contribution is 5.93. The molecule has 1 saturated heterocycles. The fourth-order valence-corrected chi connectivity index (χ4v) is 4.74. The van der Waals surface area contributed by atoms with Gasteiger partial charge in [-0.3, -0.25) is 9.69 Å². The standard InChI is InChI=1S/C25H28FN5O2/c1-17-24(25(32)27-14-21-8-4-12-33-21)28-29-31(17)23-9-3-6-19-16-30(11-10-22(19)23)15-18-5-2-7-20(26)13-18/h2-3,5-7,9,13,21H,4,8,10-12,14-16H2,1H3,(H,27,32). The fraction of sp³-hybridized carbons (Fsp3) is 0.400. The Kier molecular flexibility index (Phi) is 6.20. The largest absolute Gasteiger partial charge is 0.376 e. The zero-order chi connectivity index (χ0) is 22.8. The van der Waals surface area contributed by atoms with E-state index in [0.29, 0.717) is 18.8 Å². The molecule has 0 saturated carbocycles. The van der Waals surface area contributed by atoms with Crippen molar-refractivity contribution in [3.05, 3.63) is 76.4 Å². The van der Waals surface area contributed by atoms with Gasteiger partial charge in [0.05, 0.1) is 17.5 Å². The van der Waals surface area contributed by atoms with Gasteiger partial charge in [0, 0.05) is 32.8 Å². The first kappa shape index (κ1) is 21.7. The third kappa shape index (κ3) is 4.67. The van der Waals surface area contributed by atoms with Crippen molar-refractivity contribution in [2.45, 2.75) is 45.4 Å². The Balaban J connectivity index is 1.31. The zero-order valence-electron chi connectivity index (χ0n) is 18.8. The topological polar surface area (TPSA) is 72.3 Å². The molecule has 3 heterocycles. The molecule has 0 radical (unpaired) electrons. The van der Waals surface area contributed by atoms with Crippen LogP contribution in [0.1, 0.15) is 45.7 Å². The van der Waals surface area contributed by atoms with Crippen molar-refractivity contribution in [2.75, 3.05) is 19.7 Å². The minimum Gasteiger partial charge on any atom is -0.376 e. The molecule has 33 heavy (non-hydrogen) atoms. The van der Waals surface area contributed by atoms with Gasteiger partial charge in [0.1, 0.15) is 5.82 Å². The Morgan fingerprint density at radius 1 is 1.27 bits per heavy atom. The van der Waals surface area contributed by atoms with E-state index in [9.17, 15) is 9.18 Å². The molecule has 7 nitrogen and oxygen atoms in total. The predicted octanol–water partition coefficient (Wildman–Crippen LogP) is 3.18. The molecule has 1 fully saturated rings. The van der Waals surface area contributed by atoms with E-state index >= 15 is 0 Å². The number of nitrogens with zero attached hydrogens (tertiary/aromatic N) is 4. The molecule has 3 aromatic rings. The Bertz CT molecular complexity index is 1160. The summed E-state index contributed by atoms with van der Waals surface area (Å²) in [5.74, 6) is -0.426. The van der Waals surface area contributed by atoms with Gasteiger partial charge >= 0.3 is 0 Å². The van der Waals surface area contributed by atoms with Gasteiger partial charge in [-0.2, -0.15) is 0 Å². The quantitative estimate of drug-likeness (QED) is 0.626. The maximum atomic E-state index is 13.6. The number of hydrogen-bond acceptors (Lipinski definition) is 5. The lowest BCUT2D eigenvalue weighted by molar-refractivity contribution is 0.0853. The second kappa shape index (κ2) is 9.41. The van der Waals surface area contributed by atoms with Gasteiger partial charge in [0.2, 0.25) is 0 Å². The normalized spacial score (nSPS) is 18.3. The van der Waals surface area contributed by atoms with Crippen LogP contribution in [0.2, 0.25) is 0 Å². The van der Waals surface area contributed by atoms with E-state index in [1.165, 1.54) is 17.2 Å². The first-order chi connectivity index (χ1) is 16.1. The van der Waals surface area contributed by atoms with E-state index in [1.807, 2.05) is 25.1 Å². The maximum absolute atomic E-state index is 13.6. The highest BCUT2D eigenvalue weighted by atomic mass is 19.1. The molecule has 0 spiro atoms. The number of fused-ring (bicyclic) bond motifs is 1. The summed E-state index contributed by atoms with van der Waals surface area (Å²) in [4.78, 5) is 15.0. The minimum absolute atomic E-state index is 0.0840. The van der Waals surface area contributed by atoms with E-state index in [2.05, 4.69) is 26.6 Å². The predicted molar refractivity (Wildman–Crippen MR) is 122 cm³/mol. The lowest BCUT2D eigenvalue weighted by atomic mass is 9.97. The summed E-state index contributed by atoms with van der Waals surface area (Å²) in [6.45, 7) is 5.48. The summed E-state index contributed by atoms with van der Waals surface area (Å²) in [6.07, 6.45) is 2.94. The number of benzene rings is 2. The van der Waals surface area contributed by atoms with E-state index in [0.717, 1.165) is 55.9 Å². The first-order valence-corrected chi connectivity index (χ1v) is 11.5.